The van der Waals surface area contributed by atoms with Crippen molar-refractivity contribution in [3.05, 3.63) is 35.9 Å². The van der Waals surface area contributed by atoms with Crippen molar-refractivity contribution in [3.63, 3.8) is 0 Å². The summed E-state index contributed by atoms with van der Waals surface area (Å²) in [6, 6.07) is 9.88. The van der Waals surface area contributed by atoms with Crippen LogP contribution in [0.4, 0.5) is 0 Å². The van der Waals surface area contributed by atoms with Crippen molar-refractivity contribution in [3.8, 4) is 0 Å². The van der Waals surface area contributed by atoms with Gasteiger partial charge in [-0.25, -0.2) is 0 Å². The first-order valence-corrected chi connectivity index (χ1v) is 7.73. The number of nitrogens with one attached hydrogen (secondary N) is 1. The zero-order chi connectivity index (χ0) is 15.1. The molecular weight excluding hydrogens is 266 g/mol. The minimum absolute atomic E-state index is 0.0240. The summed E-state index contributed by atoms with van der Waals surface area (Å²) in [6.45, 7) is 0. The monoisotopic (exact) mass is 289 g/mol. The summed E-state index contributed by atoms with van der Waals surface area (Å²) >= 11 is 0. The standard InChI is InChI=1S/C17H23NO3/c19-16(12-6-9-13-7-2-1-3-8-13)18-15-11-5-4-10-14(15)17(20)21/h1-3,7-8,14-15H,4-6,9-12H2,(H,18,19)(H,20,21). The first-order valence-electron chi connectivity index (χ1n) is 7.73. The maximum atomic E-state index is 12.0. The summed E-state index contributed by atoms with van der Waals surface area (Å²) in [4.78, 5) is 23.2. The molecule has 1 amide bonds. The summed E-state index contributed by atoms with van der Waals surface area (Å²) in [5.74, 6) is -1.23. The number of rotatable bonds is 6. The van der Waals surface area contributed by atoms with E-state index in [0.29, 0.717) is 12.8 Å². The van der Waals surface area contributed by atoms with Crippen molar-refractivity contribution in [1.82, 2.24) is 5.32 Å². The summed E-state index contributed by atoms with van der Waals surface area (Å²) in [5.41, 5.74) is 1.23. The van der Waals surface area contributed by atoms with E-state index >= 15 is 0 Å². The Morgan fingerprint density at radius 3 is 2.57 bits per heavy atom. The van der Waals surface area contributed by atoms with Crippen molar-refractivity contribution >= 4 is 11.9 Å². The molecule has 1 saturated carbocycles. The third kappa shape index (κ3) is 4.88. The SMILES string of the molecule is O=C(CCCc1ccccc1)NC1CCCCC1C(=O)O. The van der Waals surface area contributed by atoms with Gasteiger partial charge in [0.05, 0.1) is 5.92 Å². The Hall–Kier alpha value is -1.84. The van der Waals surface area contributed by atoms with E-state index in [1.807, 2.05) is 18.2 Å². The van der Waals surface area contributed by atoms with Crippen LogP contribution in [0.1, 0.15) is 44.1 Å². The molecule has 21 heavy (non-hydrogen) atoms. The fourth-order valence-electron chi connectivity index (χ4n) is 2.98. The molecule has 0 aliphatic heterocycles. The maximum absolute atomic E-state index is 12.0. The number of hydrogen-bond donors (Lipinski definition) is 2. The molecule has 2 atom stereocenters. The summed E-state index contributed by atoms with van der Waals surface area (Å²) in [5, 5.41) is 12.1. The van der Waals surface area contributed by atoms with Gasteiger partial charge in [-0.2, -0.15) is 0 Å². The molecule has 114 valence electrons. The molecule has 2 unspecified atom stereocenters. The summed E-state index contributed by atoms with van der Waals surface area (Å²) in [6.07, 6.45) is 5.51. The van der Waals surface area contributed by atoms with Gasteiger partial charge in [0.2, 0.25) is 5.91 Å². The van der Waals surface area contributed by atoms with Crippen LogP contribution in [0.25, 0.3) is 0 Å². The number of aliphatic carboxylic acids is 1. The number of hydrogen-bond acceptors (Lipinski definition) is 2. The second-order valence-electron chi connectivity index (χ2n) is 5.74. The van der Waals surface area contributed by atoms with E-state index in [4.69, 9.17) is 0 Å². The van der Waals surface area contributed by atoms with Gasteiger partial charge in [-0.1, -0.05) is 43.2 Å². The number of amides is 1. The normalized spacial score (nSPS) is 21.7. The molecule has 4 nitrogen and oxygen atoms in total. The van der Waals surface area contributed by atoms with Crippen molar-refractivity contribution in [2.75, 3.05) is 0 Å². The molecule has 1 aliphatic rings. The fraction of sp³-hybridized carbons (Fsp3) is 0.529. The summed E-state index contributed by atoms with van der Waals surface area (Å²) in [7, 11) is 0. The number of aryl methyl sites for hydroxylation is 1. The zero-order valence-corrected chi connectivity index (χ0v) is 12.3. The Labute approximate surface area is 125 Å². The van der Waals surface area contributed by atoms with Crippen LogP contribution in [0, 0.1) is 5.92 Å². The number of carboxylic acid groups (broad SMARTS) is 1. The molecule has 1 fully saturated rings. The molecule has 4 heteroatoms. The van der Waals surface area contributed by atoms with Gasteiger partial charge in [0.1, 0.15) is 0 Å². The van der Waals surface area contributed by atoms with E-state index in [-0.39, 0.29) is 11.9 Å². The molecule has 2 N–H and O–H groups in total. The molecule has 0 aromatic heterocycles. The van der Waals surface area contributed by atoms with Gasteiger partial charge in [0, 0.05) is 12.5 Å². The van der Waals surface area contributed by atoms with Crippen LogP contribution < -0.4 is 5.32 Å². The number of benzene rings is 1. The lowest BCUT2D eigenvalue weighted by Crippen LogP contribution is -2.45. The molecule has 1 aliphatic carbocycles. The Morgan fingerprint density at radius 1 is 1.14 bits per heavy atom. The maximum Gasteiger partial charge on any atom is 0.308 e. The van der Waals surface area contributed by atoms with Crippen LogP contribution in [0.15, 0.2) is 30.3 Å². The van der Waals surface area contributed by atoms with Crippen LogP contribution in [0.2, 0.25) is 0 Å². The number of carbonyl (C=O) groups is 2. The van der Waals surface area contributed by atoms with E-state index in [1.54, 1.807) is 0 Å². The highest BCUT2D eigenvalue weighted by Crippen LogP contribution is 2.24. The highest BCUT2D eigenvalue weighted by Gasteiger charge is 2.31. The molecule has 1 aromatic carbocycles. The van der Waals surface area contributed by atoms with Crippen LogP contribution in [0.3, 0.4) is 0 Å². The molecular formula is C17H23NO3. The topological polar surface area (TPSA) is 66.4 Å². The Morgan fingerprint density at radius 2 is 1.86 bits per heavy atom. The van der Waals surface area contributed by atoms with Gasteiger partial charge in [0.25, 0.3) is 0 Å². The first kappa shape index (κ1) is 15.5. The second-order valence-corrected chi connectivity index (χ2v) is 5.74. The van der Waals surface area contributed by atoms with Gasteiger partial charge in [-0.15, -0.1) is 0 Å². The lowest BCUT2D eigenvalue weighted by molar-refractivity contribution is -0.144. The average molecular weight is 289 g/mol. The zero-order valence-electron chi connectivity index (χ0n) is 12.3. The Bertz CT molecular complexity index is 472. The van der Waals surface area contributed by atoms with E-state index in [9.17, 15) is 14.7 Å². The van der Waals surface area contributed by atoms with E-state index in [0.717, 1.165) is 32.1 Å². The van der Waals surface area contributed by atoms with E-state index in [1.165, 1.54) is 5.56 Å². The average Bonchev–Trinajstić information content (AvgIpc) is 2.48. The van der Waals surface area contributed by atoms with Crippen LogP contribution in [-0.4, -0.2) is 23.0 Å². The van der Waals surface area contributed by atoms with E-state index in [2.05, 4.69) is 17.4 Å². The fourth-order valence-corrected chi connectivity index (χ4v) is 2.98. The third-order valence-electron chi connectivity index (χ3n) is 4.14. The van der Waals surface area contributed by atoms with Crippen LogP contribution in [0.5, 0.6) is 0 Å². The summed E-state index contributed by atoms with van der Waals surface area (Å²) < 4.78 is 0. The first-order chi connectivity index (χ1) is 10.2. The Balaban J connectivity index is 1.74. The highest BCUT2D eigenvalue weighted by atomic mass is 16.4. The van der Waals surface area contributed by atoms with Crippen molar-refractivity contribution in [2.45, 2.75) is 51.0 Å². The van der Waals surface area contributed by atoms with Gasteiger partial charge < -0.3 is 10.4 Å². The minimum atomic E-state index is -0.788. The largest absolute Gasteiger partial charge is 0.481 e. The number of carbonyl (C=O) groups excluding carboxylic acids is 1. The molecule has 0 bridgehead atoms. The second kappa shape index (κ2) is 7.81. The van der Waals surface area contributed by atoms with Gasteiger partial charge in [-0.3, -0.25) is 9.59 Å². The predicted octanol–water partition coefficient (Wildman–Crippen LogP) is 2.77. The molecule has 0 heterocycles. The molecule has 0 spiro atoms. The third-order valence-corrected chi connectivity index (χ3v) is 4.14. The lowest BCUT2D eigenvalue weighted by Gasteiger charge is -2.29. The van der Waals surface area contributed by atoms with E-state index < -0.39 is 11.9 Å². The van der Waals surface area contributed by atoms with Gasteiger partial charge in [-0.05, 0) is 31.2 Å². The quantitative estimate of drug-likeness (QED) is 0.846. The lowest BCUT2D eigenvalue weighted by atomic mass is 9.84. The molecule has 0 radical (unpaired) electrons. The van der Waals surface area contributed by atoms with Crippen LogP contribution in [-0.2, 0) is 16.0 Å². The van der Waals surface area contributed by atoms with Gasteiger partial charge in [0.15, 0.2) is 0 Å². The van der Waals surface area contributed by atoms with Gasteiger partial charge >= 0.3 is 5.97 Å². The van der Waals surface area contributed by atoms with Crippen molar-refractivity contribution in [2.24, 2.45) is 5.92 Å². The Kier molecular flexibility index (Phi) is 5.78. The minimum Gasteiger partial charge on any atom is -0.481 e. The van der Waals surface area contributed by atoms with Crippen LogP contribution >= 0.6 is 0 Å². The van der Waals surface area contributed by atoms with Crippen molar-refractivity contribution < 1.29 is 14.7 Å². The molecule has 2 rings (SSSR count). The molecule has 1 aromatic rings. The van der Waals surface area contributed by atoms with Crippen molar-refractivity contribution in [1.29, 1.82) is 0 Å². The molecule has 0 saturated heterocycles. The highest BCUT2D eigenvalue weighted by molar-refractivity contribution is 5.78. The number of carboxylic acids is 1. The predicted molar refractivity (Wildman–Crippen MR) is 80.9 cm³/mol. The smallest absolute Gasteiger partial charge is 0.308 e.